The van der Waals surface area contributed by atoms with Crippen molar-refractivity contribution in [1.82, 2.24) is 10.2 Å². The summed E-state index contributed by atoms with van der Waals surface area (Å²) in [6.07, 6.45) is 3.52. The number of phenols is 1. The summed E-state index contributed by atoms with van der Waals surface area (Å²) >= 11 is 0. The number of likely N-dealkylation sites (tertiary alicyclic amines) is 1. The predicted molar refractivity (Wildman–Crippen MR) is 77.3 cm³/mol. The monoisotopic (exact) mass is 278 g/mol. The van der Waals surface area contributed by atoms with Gasteiger partial charge in [0.2, 0.25) is 0 Å². The van der Waals surface area contributed by atoms with E-state index in [-0.39, 0.29) is 17.2 Å². The number of ether oxygens (including phenoxy) is 1. The van der Waals surface area contributed by atoms with Crippen LogP contribution in [0.15, 0.2) is 18.2 Å². The SMILES string of the molecule is COc1cccc(C(=O)NCC2CCCCN2C)c1O. The first-order valence-electron chi connectivity index (χ1n) is 6.98. The van der Waals surface area contributed by atoms with E-state index in [1.165, 1.54) is 20.0 Å². The average Bonchev–Trinajstić information content (AvgIpc) is 2.46. The lowest BCUT2D eigenvalue weighted by Gasteiger charge is -2.32. The van der Waals surface area contributed by atoms with E-state index >= 15 is 0 Å². The zero-order valence-corrected chi connectivity index (χ0v) is 12.1. The van der Waals surface area contributed by atoms with E-state index in [1.54, 1.807) is 18.2 Å². The van der Waals surface area contributed by atoms with E-state index in [0.717, 1.165) is 13.0 Å². The molecule has 0 aromatic heterocycles. The number of amides is 1. The van der Waals surface area contributed by atoms with Crippen molar-refractivity contribution >= 4 is 5.91 Å². The Morgan fingerprint density at radius 3 is 3.00 bits per heavy atom. The Morgan fingerprint density at radius 1 is 1.50 bits per heavy atom. The lowest BCUT2D eigenvalue weighted by molar-refractivity contribution is 0.0925. The number of hydrogen-bond acceptors (Lipinski definition) is 4. The molecule has 2 N–H and O–H groups in total. The smallest absolute Gasteiger partial charge is 0.255 e. The molecule has 5 nitrogen and oxygen atoms in total. The van der Waals surface area contributed by atoms with Crippen molar-refractivity contribution in [1.29, 1.82) is 0 Å². The van der Waals surface area contributed by atoms with Gasteiger partial charge >= 0.3 is 0 Å². The number of benzene rings is 1. The zero-order chi connectivity index (χ0) is 14.5. The molecule has 1 saturated heterocycles. The molecule has 0 aliphatic carbocycles. The van der Waals surface area contributed by atoms with Crippen LogP contribution in [0.2, 0.25) is 0 Å². The quantitative estimate of drug-likeness (QED) is 0.878. The summed E-state index contributed by atoms with van der Waals surface area (Å²) in [5.74, 6) is -0.0580. The first-order chi connectivity index (χ1) is 9.63. The largest absolute Gasteiger partial charge is 0.504 e. The lowest BCUT2D eigenvalue weighted by Crippen LogP contribution is -2.44. The molecule has 20 heavy (non-hydrogen) atoms. The van der Waals surface area contributed by atoms with Crippen molar-refractivity contribution in [2.24, 2.45) is 0 Å². The molecule has 1 fully saturated rings. The van der Waals surface area contributed by atoms with E-state index in [9.17, 15) is 9.90 Å². The molecule has 1 aromatic carbocycles. The second kappa shape index (κ2) is 6.61. The number of nitrogens with zero attached hydrogens (tertiary/aromatic N) is 1. The van der Waals surface area contributed by atoms with E-state index < -0.39 is 0 Å². The number of likely N-dealkylation sites (N-methyl/N-ethyl adjacent to an activating group) is 1. The second-order valence-electron chi connectivity index (χ2n) is 5.20. The minimum atomic E-state index is -0.264. The Bertz CT molecular complexity index is 476. The molecule has 5 heteroatoms. The number of carbonyl (C=O) groups is 1. The molecular formula is C15H22N2O3. The predicted octanol–water partition coefficient (Wildman–Crippen LogP) is 1.61. The van der Waals surface area contributed by atoms with Gasteiger partial charge in [-0.25, -0.2) is 0 Å². The van der Waals surface area contributed by atoms with Crippen molar-refractivity contribution < 1.29 is 14.6 Å². The highest BCUT2D eigenvalue weighted by Crippen LogP contribution is 2.29. The minimum Gasteiger partial charge on any atom is -0.504 e. The molecule has 1 atom stereocenters. The van der Waals surface area contributed by atoms with Crippen molar-refractivity contribution in [3.05, 3.63) is 23.8 Å². The summed E-state index contributed by atoms with van der Waals surface area (Å²) in [6.45, 7) is 1.68. The maximum Gasteiger partial charge on any atom is 0.255 e. The van der Waals surface area contributed by atoms with E-state index in [1.807, 2.05) is 0 Å². The topological polar surface area (TPSA) is 61.8 Å². The van der Waals surface area contributed by atoms with Gasteiger partial charge in [-0.3, -0.25) is 4.79 Å². The fraction of sp³-hybridized carbons (Fsp3) is 0.533. The molecule has 1 unspecified atom stereocenters. The van der Waals surface area contributed by atoms with Gasteiger partial charge in [-0.15, -0.1) is 0 Å². The molecule has 0 bridgehead atoms. The van der Waals surface area contributed by atoms with Gasteiger partial charge in [-0.05, 0) is 38.6 Å². The van der Waals surface area contributed by atoms with Crippen LogP contribution in [0.1, 0.15) is 29.6 Å². The van der Waals surface area contributed by atoms with Crippen LogP contribution in [0.25, 0.3) is 0 Å². The molecule has 1 aliphatic rings. The average molecular weight is 278 g/mol. The number of phenolic OH excluding ortho intramolecular Hbond substituents is 1. The number of nitrogens with one attached hydrogen (secondary N) is 1. The Morgan fingerprint density at radius 2 is 2.30 bits per heavy atom. The summed E-state index contributed by atoms with van der Waals surface area (Å²) in [5, 5.41) is 12.8. The molecule has 1 aromatic rings. The van der Waals surface area contributed by atoms with Gasteiger partial charge in [0.05, 0.1) is 12.7 Å². The van der Waals surface area contributed by atoms with Crippen molar-refractivity contribution in [3.8, 4) is 11.5 Å². The van der Waals surface area contributed by atoms with E-state index in [4.69, 9.17) is 4.74 Å². The molecule has 110 valence electrons. The maximum atomic E-state index is 12.1. The number of aromatic hydroxyl groups is 1. The molecule has 2 rings (SSSR count). The molecular weight excluding hydrogens is 256 g/mol. The number of methoxy groups -OCH3 is 1. The van der Waals surface area contributed by atoms with Gasteiger partial charge < -0.3 is 20.1 Å². The number of piperidine rings is 1. The summed E-state index contributed by atoms with van der Waals surface area (Å²) in [6, 6.07) is 5.29. The Hall–Kier alpha value is -1.75. The minimum absolute atomic E-state index is 0.107. The first kappa shape index (κ1) is 14.7. The third kappa shape index (κ3) is 3.22. The summed E-state index contributed by atoms with van der Waals surface area (Å²) in [4.78, 5) is 14.4. The third-order valence-electron chi connectivity index (χ3n) is 3.88. The van der Waals surface area contributed by atoms with Crippen LogP contribution in [0.3, 0.4) is 0 Å². The van der Waals surface area contributed by atoms with Crippen LogP contribution in [0.5, 0.6) is 11.5 Å². The van der Waals surface area contributed by atoms with Gasteiger partial charge in [0.15, 0.2) is 11.5 Å². The maximum absolute atomic E-state index is 12.1. The van der Waals surface area contributed by atoms with Crippen LogP contribution in [-0.4, -0.2) is 49.2 Å². The fourth-order valence-electron chi connectivity index (χ4n) is 2.58. The zero-order valence-electron chi connectivity index (χ0n) is 12.1. The highest BCUT2D eigenvalue weighted by molar-refractivity contribution is 5.97. The van der Waals surface area contributed by atoms with Crippen LogP contribution >= 0.6 is 0 Å². The van der Waals surface area contributed by atoms with E-state index in [0.29, 0.717) is 18.3 Å². The first-order valence-corrected chi connectivity index (χ1v) is 6.98. The van der Waals surface area contributed by atoms with Gasteiger partial charge in [-0.2, -0.15) is 0 Å². The van der Waals surface area contributed by atoms with Gasteiger partial charge in [0.1, 0.15) is 0 Å². The summed E-state index contributed by atoms with van der Waals surface area (Å²) in [7, 11) is 3.55. The molecule has 0 spiro atoms. The summed E-state index contributed by atoms with van der Waals surface area (Å²) < 4.78 is 5.01. The number of para-hydroxylation sites is 1. The van der Waals surface area contributed by atoms with Crippen molar-refractivity contribution in [2.45, 2.75) is 25.3 Å². The molecule has 1 aliphatic heterocycles. The number of rotatable bonds is 4. The van der Waals surface area contributed by atoms with E-state index in [2.05, 4.69) is 17.3 Å². The number of carbonyl (C=O) groups excluding carboxylic acids is 1. The Kier molecular flexibility index (Phi) is 4.84. The lowest BCUT2D eigenvalue weighted by atomic mass is 10.0. The fourth-order valence-corrected chi connectivity index (χ4v) is 2.58. The van der Waals surface area contributed by atoms with Crippen molar-refractivity contribution in [2.75, 3.05) is 27.2 Å². The van der Waals surface area contributed by atoms with Gasteiger partial charge in [0, 0.05) is 12.6 Å². The normalized spacial score (nSPS) is 19.6. The standard InChI is InChI=1S/C15H22N2O3/c1-17-9-4-3-6-11(17)10-16-15(19)12-7-5-8-13(20-2)14(12)18/h5,7-8,11,18H,3-4,6,9-10H2,1-2H3,(H,16,19). The van der Waals surface area contributed by atoms with Crippen LogP contribution in [-0.2, 0) is 0 Å². The Balaban J connectivity index is 1.98. The molecule has 1 amide bonds. The molecule has 0 radical (unpaired) electrons. The molecule has 1 heterocycles. The molecule has 0 saturated carbocycles. The second-order valence-corrected chi connectivity index (χ2v) is 5.20. The highest BCUT2D eigenvalue weighted by atomic mass is 16.5. The van der Waals surface area contributed by atoms with Gasteiger partial charge in [0.25, 0.3) is 5.91 Å². The number of hydrogen-bond donors (Lipinski definition) is 2. The van der Waals surface area contributed by atoms with Crippen LogP contribution < -0.4 is 10.1 Å². The third-order valence-corrected chi connectivity index (χ3v) is 3.88. The van der Waals surface area contributed by atoms with Crippen LogP contribution in [0, 0.1) is 0 Å². The van der Waals surface area contributed by atoms with Crippen LogP contribution in [0.4, 0.5) is 0 Å². The van der Waals surface area contributed by atoms with Crippen molar-refractivity contribution in [3.63, 3.8) is 0 Å². The van der Waals surface area contributed by atoms with Gasteiger partial charge in [-0.1, -0.05) is 12.5 Å². The Labute approximate surface area is 119 Å². The summed E-state index contributed by atoms with van der Waals surface area (Å²) in [5.41, 5.74) is 0.253. The highest BCUT2D eigenvalue weighted by Gasteiger charge is 2.21.